The van der Waals surface area contributed by atoms with Gasteiger partial charge in [0.1, 0.15) is 5.75 Å². The van der Waals surface area contributed by atoms with Crippen molar-refractivity contribution in [2.24, 2.45) is 5.92 Å². The van der Waals surface area contributed by atoms with Crippen LogP contribution in [0.5, 0.6) is 5.75 Å². The summed E-state index contributed by atoms with van der Waals surface area (Å²) in [5.41, 5.74) is 1.08. The zero-order valence-corrected chi connectivity index (χ0v) is 13.4. The number of halogens is 2. The fourth-order valence-corrected chi connectivity index (χ4v) is 2.82. The maximum atomic E-state index is 10.8. The number of benzene rings is 1. The van der Waals surface area contributed by atoms with Gasteiger partial charge in [0, 0.05) is 10.7 Å². The molecule has 0 heterocycles. The van der Waals surface area contributed by atoms with Crippen LogP contribution >= 0.6 is 22.3 Å². The van der Waals surface area contributed by atoms with E-state index in [0.29, 0.717) is 23.8 Å². The van der Waals surface area contributed by atoms with Crippen LogP contribution in [0.2, 0.25) is 5.02 Å². The molecular formula is C13H18Cl2O3S. The molecule has 0 saturated heterocycles. The van der Waals surface area contributed by atoms with Crippen LogP contribution in [0.15, 0.2) is 18.2 Å². The Morgan fingerprint density at radius 1 is 1.32 bits per heavy atom. The van der Waals surface area contributed by atoms with Gasteiger partial charge >= 0.3 is 0 Å². The molecule has 1 unspecified atom stereocenters. The molecule has 1 aromatic rings. The first-order valence-corrected chi connectivity index (χ1v) is 8.95. The third-order valence-corrected chi connectivity index (χ3v) is 4.29. The van der Waals surface area contributed by atoms with E-state index in [1.54, 1.807) is 0 Å². The van der Waals surface area contributed by atoms with Crippen molar-refractivity contribution in [3.05, 3.63) is 28.8 Å². The third kappa shape index (κ3) is 7.04. The van der Waals surface area contributed by atoms with E-state index in [9.17, 15) is 8.42 Å². The van der Waals surface area contributed by atoms with Gasteiger partial charge in [-0.1, -0.05) is 24.6 Å². The molecule has 0 aliphatic carbocycles. The molecule has 0 bridgehead atoms. The van der Waals surface area contributed by atoms with Gasteiger partial charge in [0.15, 0.2) is 0 Å². The number of hydrogen-bond donors (Lipinski definition) is 0. The first kappa shape index (κ1) is 16.6. The summed E-state index contributed by atoms with van der Waals surface area (Å²) in [4.78, 5) is 0. The molecule has 3 nitrogen and oxygen atoms in total. The van der Waals surface area contributed by atoms with E-state index in [0.717, 1.165) is 12.0 Å². The average molecular weight is 325 g/mol. The summed E-state index contributed by atoms with van der Waals surface area (Å²) in [6, 6.07) is 5.62. The summed E-state index contributed by atoms with van der Waals surface area (Å²) in [5.74, 6) is 0.892. The molecule has 6 heteroatoms. The minimum atomic E-state index is -3.40. The Morgan fingerprint density at radius 2 is 2.00 bits per heavy atom. The Kier molecular flexibility index (Phi) is 6.43. The molecule has 0 fully saturated rings. The number of aryl methyl sites for hydroxylation is 1. The molecule has 0 saturated carbocycles. The largest absolute Gasteiger partial charge is 0.492 e. The standard InChI is InChI=1S/C13H18Cl2O3S/c1-10(6-8-19(15,16)17)5-7-18-13-4-3-11(2)9-12(13)14/h3-4,9-10H,5-8H2,1-2H3. The normalized spacial score (nSPS) is 13.3. The summed E-state index contributed by atoms with van der Waals surface area (Å²) in [6.07, 6.45) is 1.30. The van der Waals surface area contributed by atoms with E-state index in [1.807, 2.05) is 32.0 Å². The summed E-state index contributed by atoms with van der Waals surface area (Å²) in [7, 11) is 1.77. The van der Waals surface area contributed by atoms with Crippen LogP contribution in [0.1, 0.15) is 25.3 Å². The van der Waals surface area contributed by atoms with Gasteiger partial charge in [0.2, 0.25) is 9.05 Å². The van der Waals surface area contributed by atoms with Gasteiger partial charge in [-0.25, -0.2) is 8.42 Å². The zero-order chi connectivity index (χ0) is 14.5. The topological polar surface area (TPSA) is 43.4 Å². The smallest absolute Gasteiger partial charge is 0.232 e. The summed E-state index contributed by atoms with van der Waals surface area (Å²) < 4.78 is 27.2. The molecule has 0 aliphatic heterocycles. The van der Waals surface area contributed by atoms with Crippen molar-refractivity contribution in [2.45, 2.75) is 26.7 Å². The fourth-order valence-electron chi connectivity index (χ4n) is 1.58. The second-order valence-corrected chi connectivity index (χ2v) is 8.01. The highest BCUT2D eigenvalue weighted by Crippen LogP contribution is 2.25. The first-order valence-electron chi connectivity index (χ1n) is 6.09. The highest BCUT2D eigenvalue weighted by molar-refractivity contribution is 8.13. The van der Waals surface area contributed by atoms with Gasteiger partial charge in [0.25, 0.3) is 0 Å². The highest BCUT2D eigenvalue weighted by Gasteiger charge is 2.10. The number of hydrogen-bond acceptors (Lipinski definition) is 3. The fraction of sp³-hybridized carbons (Fsp3) is 0.538. The average Bonchev–Trinajstić information content (AvgIpc) is 2.28. The second kappa shape index (κ2) is 7.36. The number of rotatable bonds is 7. The molecule has 1 rings (SSSR count). The summed E-state index contributed by atoms with van der Waals surface area (Å²) in [6.45, 7) is 4.44. The lowest BCUT2D eigenvalue weighted by Crippen LogP contribution is -2.08. The van der Waals surface area contributed by atoms with Crippen LogP contribution in [0, 0.1) is 12.8 Å². The minimum Gasteiger partial charge on any atom is -0.492 e. The zero-order valence-electron chi connectivity index (χ0n) is 11.0. The predicted octanol–water partition coefficient (Wildman–Crippen LogP) is 4.01. The van der Waals surface area contributed by atoms with Crippen molar-refractivity contribution in [2.75, 3.05) is 12.4 Å². The molecular weight excluding hydrogens is 307 g/mol. The Morgan fingerprint density at radius 3 is 2.58 bits per heavy atom. The van der Waals surface area contributed by atoms with E-state index >= 15 is 0 Å². The Hall–Kier alpha value is -0.450. The van der Waals surface area contributed by atoms with Gasteiger partial charge in [-0.3, -0.25) is 0 Å². The first-order chi connectivity index (χ1) is 8.78. The van der Waals surface area contributed by atoms with Crippen molar-refractivity contribution in [1.82, 2.24) is 0 Å². The molecule has 0 aromatic heterocycles. The van der Waals surface area contributed by atoms with Crippen molar-refractivity contribution in [3.8, 4) is 5.75 Å². The molecule has 0 spiro atoms. The van der Waals surface area contributed by atoms with Crippen molar-refractivity contribution in [3.63, 3.8) is 0 Å². The van der Waals surface area contributed by atoms with E-state index in [1.165, 1.54) is 0 Å². The van der Waals surface area contributed by atoms with Crippen LogP contribution in [-0.4, -0.2) is 20.8 Å². The lowest BCUT2D eigenvalue weighted by Gasteiger charge is -2.12. The lowest BCUT2D eigenvalue weighted by molar-refractivity contribution is 0.282. The lowest BCUT2D eigenvalue weighted by atomic mass is 10.1. The SMILES string of the molecule is Cc1ccc(OCCC(C)CCS(=O)(=O)Cl)c(Cl)c1. The monoisotopic (exact) mass is 324 g/mol. The maximum absolute atomic E-state index is 10.8. The van der Waals surface area contributed by atoms with Crippen molar-refractivity contribution >= 4 is 31.3 Å². The Labute approximate surface area is 124 Å². The van der Waals surface area contributed by atoms with Gasteiger partial charge in [-0.2, -0.15) is 0 Å². The minimum absolute atomic E-state index is 0.00100. The second-order valence-electron chi connectivity index (χ2n) is 4.71. The molecule has 0 N–H and O–H groups in total. The predicted molar refractivity (Wildman–Crippen MR) is 79.7 cm³/mol. The van der Waals surface area contributed by atoms with Crippen LogP contribution in [0.4, 0.5) is 0 Å². The molecule has 0 amide bonds. The van der Waals surface area contributed by atoms with Gasteiger partial charge in [-0.05, 0) is 43.4 Å². The third-order valence-electron chi connectivity index (χ3n) is 2.81. The van der Waals surface area contributed by atoms with Gasteiger partial charge in [0.05, 0.1) is 17.4 Å². The molecule has 1 aromatic carbocycles. The van der Waals surface area contributed by atoms with E-state index in [4.69, 9.17) is 27.0 Å². The van der Waals surface area contributed by atoms with Crippen LogP contribution in [0.25, 0.3) is 0 Å². The molecule has 19 heavy (non-hydrogen) atoms. The van der Waals surface area contributed by atoms with Crippen LogP contribution < -0.4 is 4.74 Å². The molecule has 1 atom stereocenters. The molecule has 108 valence electrons. The quantitative estimate of drug-likeness (QED) is 0.711. The van der Waals surface area contributed by atoms with E-state index in [2.05, 4.69) is 0 Å². The van der Waals surface area contributed by atoms with E-state index in [-0.39, 0.29) is 11.7 Å². The Balaban J connectivity index is 2.33. The van der Waals surface area contributed by atoms with Crippen LogP contribution in [0.3, 0.4) is 0 Å². The maximum Gasteiger partial charge on any atom is 0.232 e. The molecule has 0 aliphatic rings. The highest BCUT2D eigenvalue weighted by atomic mass is 35.7. The number of ether oxygens (including phenoxy) is 1. The van der Waals surface area contributed by atoms with Crippen molar-refractivity contribution < 1.29 is 13.2 Å². The Bertz CT molecular complexity index is 515. The van der Waals surface area contributed by atoms with Crippen molar-refractivity contribution in [1.29, 1.82) is 0 Å². The summed E-state index contributed by atoms with van der Waals surface area (Å²) >= 11 is 6.04. The van der Waals surface area contributed by atoms with Crippen LogP contribution in [-0.2, 0) is 9.05 Å². The van der Waals surface area contributed by atoms with Gasteiger partial charge in [-0.15, -0.1) is 0 Å². The van der Waals surface area contributed by atoms with E-state index < -0.39 is 9.05 Å². The van der Waals surface area contributed by atoms with Gasteiger partial charge < -0.3 is 4.74 Å². The molecule has 0 radical (unpaired) electrons. The summed E-state index contributed by atoms with van der Waals surface area (Å²) in [5, 5.41) is 0.594.